The molecule has 1 saturated heterocycles. The standard InChI is InChI=1S/C21H21F3N4O4/c22-21(23,24)15-7-8-18(27-9-2-1-3-10-27)17(12-15)26-19(29)13-25-20(30)14-5-4-6-16(11-14)28(31)32/h4-8,11-12H,1-3,9-10,13H2,(H,25,30)(H,26,29). The number of carbonyl (C=O) groups excluding carboxylic acids is 2. The number of alkyl halides is 3. The molecule has 0 unspecified atom stereocenters. The highest BCUT2D eigenvalue weighted by Gasteiger charge is 2.32. The lowest BCUT2D eigenvalue weighted by atomic mass is 10.1. The number of anilines is 2. The highest BCUT2D eigenvalue weighted by Crippen LogP contribution is 2.36. The van der Waals surface area contributed by atoms with Gasteiger partial charge in [0.2, 0.25) is 5.91 Å². The summed E-state index contributed by atoms with van der Waals surface area (Å²) in [4.78, 5) is 36.7. The number of nitrogens with zero attached hydrogens (tertiary/aromatic N) is 2. The minimum absolute atomic E-state index is 0.0105. The van der Waals surface area contributed by atoms with Crippen LogP contribution >= 0.6 is 0 Å². The normalized spacial score (nSPS) is 14.0. The van der Waals surface area contributed by atoms with Crippen molar-refractivity contribution in [2.75, 3.05) is 29.9 Å². The van der Waals surface area contributed by atoms with E-state index in [1.165, 1.54) is 24.3 Å². The van der Waals surface area contributed by atoms with Gasteiger partial charge >= 0.3 is 6.18 Å². The Bertz CT molecular complexity index is 1020. The van der Waals surface area contributed by atoms with Crippen molar-refractivity contribution in [1.82, 2.24) is 5.32 Å². The van der Waals surface area contributed by atoms with Crippen molar-refractivity contribution in [2.45, 2.75) is 25.4 Å². The van der Waals surface area contributed by atoms with Gasteiger partial charge in [-0.05, 0) is 43.5 Å². The van der Waals surface area contributed by atoms with Crippen LogP contribution < -0.4 is 15.5 Å². The van der Waals surface area contributed by atoms with Gasteiger partial charge in [0.1, 0.15) is 0 Å². The van der Waals surface area contributed by atoms with Crippen molar-refractivity contribution in [1.29, 1.82) is 0 Å². The van der Waals surface area contributed by atoms with Crippen LogP contribution in [0.5, 0.6) is 0 Å². The third-order valence-corrected chi connectivity index (χ3v) is 5.02. The largest absolute Gasteiger partial charge is 0.416 e. The quantitative estimate of drug-likeness (QED) is 0.512. The van der Waals surface area contributed by atoms with Gasteiger partial charge in [0, 0.05) is 30.8 Å². The maximum absolute atomic E-state index is 13.2. The third kappa shape index (κ3) is 5.74. The van der Waals surface area contributed by atoms with Gasteiger partial charge in [-0.15, -0.1) is 0 Å². The van der Waals surface area contributed by atoms with Gasteiger partial charge in [0.25, 0.3) is 11.6 Å². The van der Waals surface area contributed by atoms with Crippen molar-refractivity contribution < 1.29 is 27.7 Å². The predicted molar refractivity (Wildman–Crippen MR) is 112 cm³/mol. The van der Waals surface area contributed by atoms with Crippen molar-refractivity contribution in [2.24, 2.45) is 0 Å². The first kappa shape index (κ1) is 23.0. The minimum Gasteiger partial charge on any atom is -0.370 e. The zero-order chi connectivity index (χ0) is 23.3. The molecule has 32 heavy (non-hydrogen) atoms. The number of hydrogen-bond acceptors (Lipinski definition) is 5. The first-order valence-corrected chi connectivity index (χ1v) is 9.94. The zero-order valence-corrected chi connectivity index (χ0v) is 16.9. The summed E-state index contributed by atoms with van der Waals surface area (Å²) in [6.07, 6.45) is -1.75. The Kier molecular flexibility index (Phi) is 6.96. The van der Waals surface area contributed by atoms with Crippen molar-refractivity contribution in [3.63, 3.8) is 0 Å². The number of nitrogens with one attached hydrogen (secondary N) is 2. The van der Waals surface area contributed by atoms with E-state index in [4.69, 9.17) is 0 Å². The summed E-state index contributed by atoms with van der Waals surface area (Å²) in [5.74, 6) is -1.44. The van der Waals surface area contributed by atoms with E-state index in [0.717, 1.165) is 37.5 Å². The summed E-state index contributed by atoms with van der Waals surface area (Å²) in [5, 5.41) is 15.6. The molecule has 0 radical (unpaired) electrons. The second-order valence-corrected chi connectivity index (χ2v) is 7.32. The molecular weight excluding hydrogens is 429 g/mol. The molecule has 2 aromatic carbocycles. The fraction of sp³-hybridized carbons (Fsp3) is 0.333. The van der Waals surface area contributed by atoms with E-state index in [9.17, 15) is 32.9 Å². The molecule has 0 spiro atoms. The highest BCUT2D eigenvalue weighted by atomic mass is 19.4. The van der Waals surface area contributed by atoms with Crippen LogP contribution in [0.2, 0.25) is 0 Å². The lowest BCUT2D eigenvalue weighted by Gasteiger charge is -2.31. The van der Waals surface area contributed by atoms with Gasteiger partial charge in [-0.1, -0.05) is 6.07 Å². The Morgan fingerprint density at radius 2 is 1.78 bits per heavy atom. The third-order valence-electron chi connectivity index (χ3n) is 5.02. The topological polar surface area (TPSA) is 105 Å². The number of benzene rings is 2. The second kappa shape index (κ2) is 9.67. The van der Waals surface area contributed by atoms with Crippen LogP contribution in [0.15, 0.2) is 42.5 Å². The molecule has 2 amide bonds. The molecule has 11 heteroatoms. The summed E-state index contributed by atoms with van der Waals surface area (Å²) < 4.78 is 39.5. The zero-order valence-electron chi connectivity index (χ0n) is 16.9. The Morgan fingerprint density at radius 3 is 2.44 bits per heavy atom. The molecule has 8 nitrogen and oxygen atoms in total. The smallest absolute Gasteiger partial charge is 0.370 e. The van der Waals surface area contributed by atoms with E-state index in [2.05, 4.69) is 10.6 Å². The van der Waals surface area contributed by atoms with Crippen LogP contribution in [0, 0.1) is 10.1 Å². The number of hydrogen-bond donors (Lipinski definition) is 2. The number of halogens is 3. The number of nitro benzene ring substituents is 1. The highest BCUT2D eigenvalue weighted by molar-refractivity contribution is 6.00. The first-order chi connectivity index (χ1) is 15.1. The molecule has 0 saturated carbocycles. The molecule has 170 valence electrons. The molecule has 0 atom stereocenters. The molecule has 0 aliphatic carbocycles. The van der Waals surface area contributed by atoms with Gasteiger partial charge in [-0.2, -0.15) is 13.2 Å². The second-order valence-electron chi connectivity index (χ2n) is 7.32. The lowest BCUT2D eigenvalue weighted by molar-refractivity contribution is -0.384. The van der Waals surface area contributed by atoms with E-state index in [0.29, 0.717) is 18.8 Å². The molecule has 2 N–H and O–H groups in total. The van der Waals surface area contributed by atoms with Crippen LogP contribution in [-0.4, -0.2) is 36.4 Å². The van der Waals surface area contributed by atoms with E-state index in [-0.39, 0.29) is 16.9 Å². The van der Waals surface area contributed by atoms with Crippen molar-refractivity contribution in [3.8, 4) is 0 Å². The molecule has 1 heterocycles. The summed E-state index contributed by atoms with van der Waals surface area (Å²) >= 11 is 0. The Labute approximate surface area is 181 Å². The molecule has 3 rings (SSSR count). The molecule has 0 bridgehead atoms. The molecule has 1 aliphatic rings. The van der Waals surface area contributed by atoms with Gasteiger partial charge < -0.3 is 15.5 Å². The first-order valence-electron chi connectivity index (χ1n) is 9.94. The van der Waals surface area contributed by atoms with Crippen molar-refractivity contribution >= 4 is 28.9 Å². The number of rotatable bonds is 6. The number of carbonyl (C=O) groups is 2. The number of piperidine rings is 1. The van der Waals surface area contributed by atoms with Crippen LogP contribution in [0.1, 0.15) is 35.2 Å². The van der Waals surface area contributed by atoms with Crippen LogP contribution in [0.4, 0.5) is 30.2 Å². The summed E-state index contributed by atoms with van der Waals surface area (Å²) in [6.45, 7) is 0.812. The van der Waals surface area contributed by atoms with Gasteiger partial charge in [-0.3, -0.25) is 19.7 Å². The van der Waals surface area contributed by atoms with E-state index in [1.807, 2.05) is 4.90 Å². The van der Waals surface area contributed by atoms with Crippen LogP contribution in [0.25, 0.3) is 0 Å². The maximum atomic E-state index is 13.2. The summed E-state index contributed by atoms with van der Waals surface area (Å²) in [5.41, 5.74) is -0.695. The Morgan fingerprint density at radius 1 is 1.06 bits per heavy atom. The minimum atomic E-state index is -4.57. The van der Waals surface area contributed by atoms with Crippen LogP contribution in [-0.2, 0) is 11.0 Å². The number of non-ortho nitro benzene ring substituents is 1. The molecule has 1 aliphatic heterocycles. The van der Waals surface area contributed by atoms with Gasteiger partial charge in [-0.25, -0.2) is 0 Å². The molecule has 0 aromatic heterocycles. The molecule has 2 aromatic rings. The predicted octanol–water partition coefficient (Wildman–Crippen LogP) is 3.97. The van der Waals surface area contributed by atoms with E-state index < -0.39 is 35.0 Å². The maximum Gasteiger partial charge on any atom is 0.416 e. The monoisotopic (exact) mass is 450 g/mol. The Balaban J connectivity index is 1.72. The summed E-state index contributed by atoms with van der Waals surface area (Å²) in [7, 11) is 0. The van der Waals surface area contributed by atoms with Crippen molar-refractivity contribution in [3.05, 3.63) is 63.7 Å². The van der Waals surface area contributed by atoms with E-state index in [1.54, 1.807) is 0 Å². The van der Waals surface area contributed by atoms with E-state index >= 15 is 0 Å². The summed E-state index contributed by atoms with van der Waals surface area (Å²) in [6, 6.07) is 8.16. The average molecular weight is 450 g/mol. The molecular formula is C21H21F3N4O4. The molecule has 1 fully saturated rings. The number of nitro groups is 1. The lowest BCUT2D eigenvalue weighted by Crippen LogP contribution is -2.34. The Hall–Kier alpha value is -3.63. The average Bonchev–Trinajstić information content (AvgIpc) is 2.77. The van der Waals surface area contributed by atoms with Gasteiger partial charge in [0.15, 0.2) is 0 Å². The fourth-order valence-electron chi connectivity index (χ4n) is 3.44. The number of amides is 2. The SMILES string of the molecule is O=C(CNC(=O)c1cccc([N+](=O)[O-])c1)Nc1cc(C(F)(F)F)ccc1N1CCCCC1. The fourth-order valence-corrected chi connectivity index (χ4v) is 3.44. The van der Waals surface area contributed by atoms with Crippen LogP contribution in [0.3, 0.4) is 0 Å². The van der Waals surface area contributed by atoms with Gasteiger partial charge in [0.05, 0.1) is 28.4 Å².